The summed E-state index contributed by atoms with van der Waals surface area (Å²) in [6.45, 7) is 2.95. The molecule has 0 unspecified atom stereocenters. The lowest BCUT2D eigenvalue weighted by Crippen LogP contribution is -2.51. The molecule has 0 radical (unpaired) electrons. The van der Waals surface area contributed by atoms with Crippen molar-refractivity contribution in [3.63, 3.8) is 0 Å². The highest BCUT2D eigenvalue weighted by atomic mass is 32.2. The zero-order valence-electron chi connectivity index (χ0n) is 13.9. The smallest absolute Gasteiger partial charge is 0.323 e. The average Bonchev–Trinajstić information content (AvgIpc) is 3.00. The summed E-state index contributed by atoms with van der Waals surface area (Å²) in [6, 6.07) is 10.4. The lowest BCUT2D eigenvalue weighted by molar-refractivity contribution is 0.184. The number of carbonyl (C=O) groups excluding carboxylic acids is 1. The molecule has 1 N–H and O–H groups in total. The fraction of sp³-hybridized carbons (Fsp3) is 0.375. The number of rotatable bonds is 4. The van der Waals surface area contributed by atoms with Gasteiger partial charge in [-0.3, -0.25) is 5.32 Å². The van der Waals surface area contributed by atoms with Gasteiger partial charge in [0.1, 0.15) is 5.76 Å². The van der Waals surface area contributed by atoms with Gasteiger partial charge in [-0.1, -0.05) is 35.5 Å². The summed E-state index contributed by atoms with van der Waals surface area (Å²) in [4.78, 5) is 13.8. The molecule has 1 aromatic carbocycles. The first kappa shape index (κ1) is 17.4. The number of hydrogen-bond acceptors (Lipinski definition) is 5. The van der Waals surface area contributed by atoms with E-state index in [1.54, 1.807) is 30.0 Å². The molecule has 2 heterocycles. The molecule has 2 amide bonds. The van der Waals surface area contributed by atoms with Crippen molar-refractivity contribution in [1.82, 2.24) is 14.4 Å². The Labute approximate surface area is 146 Å². The third-order valence-electron chi connectivity index (χ3n) is 3.97. The van der Waals surface area contributed by atoms with Crippen LogP contribution in [0.1, 0.15) is 11.3 Å². The molecule has 3 rings (SSSR count). The van der Waals surface area contributed by atoms with Gasteiger partial charge < -0.3 is 9.42 Å². The van der Waals surface area contributed by atoms with Crippen molar-refractivity contribution in [1.29, 1.82) is 0 Å². The Morgan fingerprint density at radius 3 is 2.48 bits per heavy atom. The Kier molecular flexibility index (Phi) is 5.05. The van der Waals surface area contributed by atoms with Crippen molar-refractivity contribution in [2.45, 2.75) is 12.7 Å². The van der Waals surface area contributed by atoms with Gasteiger partial charge in [0, 0.05) is 32.2 Å². The fourth-order valence-electron chi connectivity index (χ4n) is 2.66. The van der Waals surface area contributed by atoms with E-state index < -0.39 is 10.0 Å². The number of carbonyl (C=O) groups is 1. The molecule has 1 saturated heterocycles. The van der Waals surface area contributed by atoms with Gasteiger partial charge in [0.05, 0.1) is 5.75 Å². The quantitative estimate of drug-likeness (QED) is 0.890. The van der Waals surface area contributed by atoms with E-state index in [9.17, 15) is 13.2 Å². The number of nitrogens with one attached hydrogen (secondary N) is 1. The largest absolute Gasteiger partial charge is 0.360 e. The molecular formula is C16H20N4O4S. The number of hydrogen-bond donors (Lipinski definition) is 1. The molecule has 1 aliphatic heterocycles. The molecule has 25 heavy (non-hydrogen) atoms. The number of aromatic nitrogens is 1. The number of piperazine rings is 1. The standard InChI is InChI=1S/C16H20N4O4S/c1-13-11-15(18-24-13)17-16(21)19-7-9-20(10-8-19)25(22,23)12-14-5-3-2-4-6-14/h2-6,11H,7-10,12H2,1H3,(H,17,18,21). The summed E-state index contributed by atoms with van der Waals surface area (Å²) in [5.74, 6) is 0.923. The molecular weight excluding hydrogens is 344 g/mol. The van der Waals surface area contributed by atoms with E-state index in [2.05, 4.69) is 10.5 Å². The maximum absolute atomic E-state index is 12.5. The number of anilines is 1. The van der Waals surface area contributed by atoms with Crippen LogP contribution in [-0.4, -0.2) is 55.0 Å². The van der Waals surface area contributed by atoms with Gasteiger partial charge >= 0.3 is 6.03 Å². The third-order valence-corrected chi connectivity index (χ3v) is 5.82. The van der Waals surface area contributed by atoms with Gasteiger partial charge in [-0.15, -0.1) is 0 Å². The fourth-order valence-corrected chi connectivity index (χ4v) is 4.18. The molecule has 2 aromatic rings. The van der Waals surface area contributed by atoms with E-state index in [-0.39, 0.29) is 24.9 Å². The summed E-state index contributed by atoms with van der Waals surface area (Å²) in [7, 11) is -3.39. The highest BCUT2D eigenvalue weighted by Crippen LogP contribution is 2.15. The second-order valence-corrected chi connectivity index (χ2v) is 7.85. The molecule has 8 nitrogen and oxygen atoms in total. The number of benzene rings is 1. The second kappa shape index (κ2) is 7.24. The van der Waals surface area contributed by atoms with Gasteiger partial charge in [0.15, 0.2) is 5.82 Å². The number of nitrogens with zero attached hydrogens (tertiary/aromatic N) is 3. The highest BCUT2D eigenvalue weighted by molar-refractivity contribution is 7.88. The van der Waals surface area contributed by atoms with Crippen molar-refractivity contribution >= 4 is 21.9 Å². The molecule has 0 bridgehead atoms. The van der Waals surface area contributed by atoms with Crippen LogP contribution in [0.4, 0.5) is 10.6 Å². The molecule has 1 fully saturated rings. The van der Waals surface area contributed by atoms with E-state index in [0.717, 1.165) is 5.56 Å². The number of sulfonamides is 1. The lowest BCUT2D eigenvalue weighted by Gasteiger charge is -2.33. The normalized spacial score (nSPS) is 16.0. The van der Waals surface area contributed by atoms with Gasteiger partial charge in [-0.05, 0) is 12.5 Å². The van der Waals surface area contributed by atoms with Crippen LogP contribution in [0.2, 0.25) is 0 Å². The second-order valence-electron chi connectivity index (χ2n) is 5.88. The van der Waals surface area contributed by atoms with Crippen LogP contribution in [0, 0.1) is 6.92 Å². The maximum Gasteiger partial charge on any atom is 0.323 e. The molecule has 1 aromatic heterocycles. The number of urea groups is 1. The highest BCUT2D eigenvalue weighted by Gasteiger charge is 2.29. The Morgan fingerprint density at radius 2 is 1.88 bits per heavy atom. The van der Waals surface area contributed by atoms with E-state index in [1.165, 1.54) is 4.31 Å². The summed E-state index contributed by atoms with van der Waals surface area (Å²) in [5, 5.41) is 6.35. The van der Waals surface area contributed by atoms with Crippen LogP contribution in [0.5, 0.6) is 0 Å². The van der Waals surface area contributed by atoms with Gasteiger partial charge in [0.2, 0.25) is 10.0 Å². The van der Waals surface area contributed by atoms with Gasteiger partial charge in [-0.25, -0.2) is 13.2 Å². The molecule has 0 saturated carbocycles. The SMILES string of the molecule is Cc1cc(NC(=O)N2CCN(S(=O)(=O)Cc3ccccc3)CC2)no1. The zero-order chi connectivity index (χ0) is 17.9. The average molecular weight is 364 g/mol. The Balaban J connectivity index is 1.55. The molecule has 0 aliphatic carbocycles. The Bertz CT molecular complexity index is 827. The maximum atomic E-state index is 12.5. The minimum absolute atomic E-state index is 0.0295. The van der Waals surface area contributed by atoms with Crippen molar-refractivity contribution in [2.24, 2.45) is 0 Å². The first-order valence-corrected chi connectivity index (χ1v) is 9.56. The van der Waals surface area contributed by atoms with Crippen molar-refractivity contribution in [3.05, 3.63) is 47.7 Å². The minimum Gasteiger partial charge on any atom is -0.360 e. The van der Waals surface area contributed by atoms with Crippen molar-refractivity contribution < 1.29 is 17.7 Å². The third kappa shape index (κ3) is 4.37. The minimum atomic E-state index is -3.39. The summed E-state index contributed by atoms with van der Waals surface area (Å²) >= 11 is 0. The van der Waals surface area contributed by atoms with Crippen LogP contribution in [-0.2, 0) is 15.8 Å². The first-order chi connectivity index (χ1) is 11.9. The Hall–Kier alpha value is -2.39. The molecule has 0 spiro atoms. The molecule has 9 heteroatoms. The molecule has 1 aliphatic rings. The van der Waals surface area contributed by atoms with E-state index in [0.29, 0.717) is 24.7 Å². The monoisotopic (exact) mass is 364 g/mol. The summed E-state index contributed by atoms with van der Waals surface area (Å²) in [6.07, 6.45) is 0. The summed E-state index contributed by atoms with van der Waals surface area (Å²) < 4.78 is 31.4. The zero-order valence-corrected chi connectivity index (χ0v) is 14.7. The summed E-state index contributed by atoms with van der Waals surface area (Å²) in [5.41, 5.74) is 0.754. The van der Waals surface area contributed by atoms with E-state index in [1.807, 2.05) is 18.2 Å². The van der Waals surface area contributed by atoms with E-state index in [4.69, 9.17) is 4.52 Å². The van der Waals surface area contributed by atoms with Crippen LogP contribution in [0.3, 0.4) is 0 Å². The van der Waals surface area contributed by atoms with E-state index >= 15 is 0 Å². The van der Waals surface area contributed by atoms with Crippen LogP contribution in [0.15, 0.2) is 40.9 Å². The predicted octanol–water partition coefficient (Wildman–Crippen LogP) is 1.66. The van der Waals surface area contributed by atoms with Crippen molar-refractivity contribution in [2.75, 3.05) is 31.5 Å². The van der Waals surface area contributed by atoms with Crippen LogP contribution >= 0.6 is 0 Å². The number of aryl methyl sites for hydroxylation is 1. The van der Waals surface area contributed by atoms with Crippen LogP contribution < -0.4 is 5.32 Å². The lowest BCUT2D eigenvalue weighted by atomic mass is 10.2. The predicted molar refractivity (Wildman–Crippen MR) is 92.5 cm³/mol. The Morgan fingerprint density at radius 1 is 1.20 bits per heavy atom. The van der Waals surface area contributed by atoms with Crippen molar-refractivity contribution in [3.8, 4) is 0 Å². The van der Waals surface area contributed by atoms with Gasteiger partial charge in [-0.2, -0.15) is 4.31 Å². The van der Waals surface area contributed by atoms with Crippen LogP contribution in [0.25, 0.3) is 0 Å². The first-order valence-electron chi connectivity index (χ1n) is 7.95. The topological polar surface area (TPSA) is 95.8 Å². The molecule has 134 valence electrons. The number of amides is 2. The van der Waals surface area contributed by atoms with Gasteiger partial charge in [0.25, 0.3) is 0 Å². The molecule has 0 atom stereocenters.